The average molecular weight is 219 g/mol. The summed E-state index contributed by atoms with van der Waals surface area (Å²) < 4.78 is 2.67. The number of rotatable bonds is 2. The van der Waals surface area contributed by atoms with E-state index in [4.69, 9.17) is 11.5 Å². The van der Waals surface area contributed by atoms with Gasteiger partial charge in [-0.15, -0.1) is 0 Å². The van der Waals surface area contributed by atoms with E-state index in [1.54, 1.807) is 12.3 Å². The van der Waals surface area contributed by atoms with Crippen LogP contribution in [0.1, 0.15) is 10.6 Å². The molecule has 7 nitrogen and oxygen atoms in total. The topological polar surface area (TPSA) is 109 Å². The van der Waals surface area contributed by atoms with Crippen LogP contribution >= 0.6 is 0 Å². The highest BCUT2D eigenvalue weighted by atomic mass is 16.2. The number of imidazole rings is 1. The van der Waals surface area contributed by atoms with Crippen molar-refractivity contribution >= 4 is 11.9 Å². The lowest BCUT2D eigenvalue weighted by atomic mass is 10.5. The maximum atomic E-state index is 11.0. The molecule has 7 heteroatoms. The van der Waals surface area contributed by atoms with E-state index in [1.807, 2.05) is 0 Å². The summed E-state index contributed by atoms with van der Waals surface area (Å²) in [6.45, 7) is 0. The fourth-order valence-corrected chi connectivity index (χ4v) is 1.36. The molecule has 0 atom stereocenters. The van der Waals surface area contributed by atoms with Crippen molar-refractivity contribution in [3.63, 3.8) is 0 Å². The van der Waals surface area contributed by atoms with Crippen LogP contribution in [0.25, 0.3) is 5.69 Å². The number of nitrogens with two attached hydrogens (primary N) is 2. The van der Waals surface area contributed by atoms with Crippen molar-refractivity contribution in [2.45, 2.75) is 0 Å². The summed E-state index contributed by atoms with van der Waals surface area (Å²) in [5.74, 6) is -0.543. The highest BCUT2D eigenvalue weighted by molar-refractivity contribution is 5.89. The summed E-state index contributed by atoms with van der Waals surface area (Å²) in [4.78, 5) is 25.7. The molecule has 82 valence electrons. The third-order valence-electron chi connectivity index (χ3n) is 2.07. The van der Waals surface area contributed by atoms with Gasteiger partial charge in [0.1, 0.15) is 0 Å². The van der Waals surface area contributed by atoms with Crippen molar-refractivity contribution in [2.24, 2.45) is 11.5 Å². The van der Waals surface area contributed by atoms with Gasteiger partial charge in [-0.2, -0.15) is 0 Å². The molecular weight excluding hydrogens is 210 g/mol. The molecule has 0 aliphatic heterocycles. The van der Waals surface area contributed by atoms with E-state index in [1.165, 1.54) is 27.7 Å². The van der Waals surface area contributed by atoms with Gasteiger partial charge in [0, 0.05) is 24.8 Å². The first-order valence-electron chi connectivity index (χ1n) is 4.41. The van der Waals surface area contributed by atoms with Crippen LogP contribution in [0.3, 0.4) is 0 Å². The molecule has 16 heavy (non-hydrogen) atoms. The molecule has 2 aromatic rings. The molecule has 2 rings (SSSR count). The first-order chi connectivity index (χ1) is 7.59. The zero-order valence-corrected chi connectivity index (χ0v) is 8.20. The minimum Gasteiger partial charge on any atom is -0.363 e. The number of hydrogen-bond acceptors (Lipinski definition) is 3. The minimum absolute atomic E-state index is 0.0993. The standard InChI is InChI=1S/C9H9N5O2/c10-7(15)8-12-2-4-14(8)6-1-3-13(5-6)9(11)16/h1-5H,(H2,10,15)(H2,11,16). The Morgan fingerprint density at radius 2 is 2.00 bits per heavy atom. The van der Waals surface area contributed by atoms with Crippen molar-refractivity contribution in [1.82, 2.24) is 14.1 Å². The molecule has 0 bridgehead atoms. The van der Waals surface area contributed by atoms with E-state index in [2.05, 4.69) is 4.98 Å². The third-order valence-corrected chi connectivity index (χ3v) is 2.07. The summed E-state index contributed by atoms with van der Waals surface area (Å²) in [7, 11) is 0. The van der Waals surface area contributed by atoms with Crippen molar-refractivity contribution in [3.05, 3.63) is 36.7 Å². The van der Waals surface area contributed by atoms with Crippen molar-refractivity contribution in [2.75, 3.05) is 0 Å². The Hall–Kier alpha value is -2.57. The van der Waals surface area contributed by atoms with Gasteiger partial charge < -0.3 is 11.5 Å². The highest BCUT2D eigenvalue weighted by Gasteiger charge is 2.11. The predicted molar refractivity (Wildman–Crippen MR) is 55.1 cm³/mol. The third kappa shape index (κ3) is 1.54. The Bertz CT molecular complexity index is 554. The molecule has 4 N–H and O–H groups in total. The van der Waals surface area contributed by atoms with Gasteiger partial charge in [-0.3, -0.25) is 13.9 Å². The van der Waals surface area contributed by atoms with Gasteiger partial charge in [-0.25, -0.2) is 9.78 Å². The van der Waals surface area contributed by atoms with Crippen LogP contribution in [0.4, 0.5) is 4.79 Å². The fraction of sp³-hybridized carbons (Fsp3) is 0. The van der Waals surface area contributed by atoms with Gasteiger partial charge >= 0.3 is 6.03 Å². The molecule has 0 fully saturated rings. The largest absolute Gasteiger partial charge is 0.363 e. The number of primary amides is 2. The van der Waals surface area contributed by atoms with E-state index < -0.39 is 11.9 Å². The molecule has 0 saturated carbocycles. The predicted octanol–water partition coefficient (Wildman–Crippen LogP) is -0.301. The first kappa shape index (κ1) is 9.97. The molecule has 2 aromatic heterocycles. The molecule has 0 aliphatic carbocycles. The Morgan fingerprint density at radius 1 is 1.25 bits per heavy atom. The number of nitrogens with zero attached hydrogens (tertiary/aromatic N) is 3. The fourth-order valence-electron chi connectivity index (χ4n) is 1.36. The van der Waals surface area contributed by atoms with Gasteiger partial charge in [0.05, 0.1) is 5.69 Å². The molecule has 0 radical (unpaired) electrons. The van der Waals surface area contributed by atoms with Gasteiger partial charge in [-0.1, -0.05) is 0 Å². The summed E-state index contributed by atoms with van der Waals surface area (Å²) in [6.07, 6.45) is 5.99. The number of hydrogen-bond donors (Lipinski definition) is 2. The number of aromatic nitrogens is 3. The van der Waals surface area contributed by atoms with Crippen molar-refractivity contribution in [1.29, 1.82) is 0 Å². The molecule has 0 unspecified atom stereocenters. The molecular formula is C9H9N5O2. The lowest BCUT2D eigenvalue weighted by Gasteiger charge is -2.01. The van der Waals surface area contributed by atoms with Crippen LogP contribution in [0.15, 0.2) is 30.9 Å². The quantitative estimate of drug-likeness (QED) is 0.723. The second-order valence-corrected chi connectivity index (χ2v) is 3.10. The molecule has 0 aliphatic rings. The average Bonchev–Trinajstić information content (AvgIpc) is 2.86. The van der Waals surface area contributed by atoms with Gasteiger partial charge in [0.15, 0.2) is 0 Å². The Balaban J connectivity index is 2.46. The summed E-state index contributed by atoms with van der Waals surface area (Å²) in [5.41, 5.74) is 10.8. The Labute approximate surface area is 90.3 Å². The van der Waals surface area contributed by atoms with Gasteiger partial charge in [0.25, 0.3) is 5.91 Å². The Kier molecular flexibility index (Phi) is 2.20. The van der Waals surface area contributed by atoms with E-state index in [0.29, 0.717) is 5.69 Å². The van der Waals surface area contributed by atoms with Crippen LogP contribution in [-0.2, 0) is 0 Å². The maximum absolute atomic E-state index is 11.0. The van der Waals surface area contributed by atoms with Gasteiger partial charge in [-0.05, 0) is 6.07 Å². The lowest BCUT2D eigenvalue weighted by molar-refractivity contribution is 0.0989. The molecule has 0 saturated heterocycles. The maximum Gasteiger partial charge on any atom is 0.322 e. The zero-order chi connectivity index (χ0) is 11.7. The van der Waals surface area contributed by atoms with Crippen LogP contribution in [0, 0.1) is 0 Å². The van der Waals surface area contributed by atoms with Crippen LogP contribution < -0.4 is 11.5 Å². The number of carbonyl (C=O) groups is 2. The normalized spacial score (nSPS) is 10.2. The number of carbonyl (C=O) groups excluding carboxylic acids is 2. The van der Waals surface area contributed by atoms with Crippen LogP contribution in [-0.4, -0.2) is 26.1 Å². The second-order valence-electron chi connectivity index (χ2n) is 3.10. The van der Waals surface area contributed by atoms with E-state index in [0.717, 1.165) is 0 Å². The SMILES string of the molecule is NC(=O)c1nccn1-c1ccn(C(N)=O)c1. The van der Waals surface area contributed by atoms with E-state index in [-0.39, 0.29) is 5.82 Å². The van der Waals surface area contributed by atoms with E-state index in [9.17, 15) is 9.59 Å². The molecule has 2 amide bonds. The van der Waals surface area contributed by atoms with Crippen molar-refractivity contribution < 1.29 is 9.59 Å². The monoisotopic (exact) mass is 219 g/mol. The van der Waals surface area contributed by atoms with Crippen molar-refractivity contribution in [3.8, 4) is 5.69 Å². The first-order valence-corrected chi connectivity index (χ1v) is 4.41. The lowest BCUT2D eigenvalue weighted by Crippen LogP contribution is -2.18. The smallest absolute Gasteiger partial charge is 0.322 e. The summed E-state index contributed by atoms with van der Waals surface area (Å²) in [5, 5.41) is 0. The summed E-state index contributed by atoms with van der Waals surface area (Å²) in [6, 6.07) is 1.02. The van der Waals surface area contributed by atoms with Gasteiger partial charge in [0.2, 0.25) is 5.82 Å². The highest BCUT2D eigenvalue weighted by Crippen LogP contribution is 2.10. The Morgan fingerprint density at radius 3 is 2.56 bits per heavy atom. The van der Waals surface area contributed by atoms with Crippen LogP contribution in [0.5, 0.6) is 0 Å². The minimum atomic E-state index is -0.642. The van der Waals surface area contributed by atoms with E-state index >= 15 is 0 Å². The molecule has 0 spiro atoms. The number of amides is 2. The zero-order valence-electron chi connectivity index (χ0n) is 8.20. The molecule has 0 aromatic carbocycles. The van der Waals surface area contributed by atoms with Crippen LogP contribution in [0.2, 0.25) is 0 Å². The second kappa shape index (κ2) is 3.54. The molecule has 2 heterocycles. The summed E-state index contributed by atoms with van der Waals surface area (Å²) >= 11 is 0.